The van der Waals surface area contributed by atoms with Crippen molar-refractivity contribution in [3.63, 3.8) is 0 Å². The molecule has 92 valence electrons. The Kier molecular flexibility index (Phi) is 2.83. The van der Waals surface area contributed by atoms with E-state index in [4.69, 9.17) is 5.84 Å². The molecule has 0 aromatic heterocycles. The molecule has 0 radical (unpaired) electrons. The lowest BCUT2D eigenvalue weighted by Crippen LogP contribution is -2.29. The minimum atomic E-state index is -0.0581. The van der Waals surface area contributed by atoms with E-state index >= 15 is 0 Å². The lowest BCUT2D eigenvalue weighted by molar-refractivity contribution is 0.0947. The van der Waals surface area contributed by atoms with Gasteiger partial charge in [-0.15, -0.1) is 0 Å². The third-order valence-electron chi connectivity index (χ3n) is 3.39. The van der Waals surface area contributed by atoms with Crippen LogP contribution in [-0.2, 0) is 0 Å². The van der Waals surface area contributed by atoms with E-state index in [0.29, 0.717) is 11.3 Å². The minimum Gasteiger partial charge on any atom is -0.349 e. The highest BCUT2D eigenvalue weighted by molar-refractivity contribution is 6.00. The van der Waals surface area contributed by atoms with Crippen LogP contribution in [0.3, 0.4) is 0 Å². The van der Waals surface area contributed by atoms with Crippen LogP contribution in [0.4, 0.5) is 5.69 Å². The van der Waals surface area contributed by atoms with Gasteiger partial charge in [0.1, 0.15) is 0 Å². The average Bonchev–Trinajstić information content (AvgIpc) is 2.85. The Morgan fingerprint density at radius 3 is 2.65 bits per heavy atom. The Morgan fingerprint density at radius 2 is 2.12 bits per heavy atom. The molecule has 1 fully saturated rings. The number of nitrogen functional groups attached to an aromatic ring is 1. The zero-order valence-corrected chi connectivity index (χ0v) is 10.5. The van der Waals surface area contributed by atoms with Crippen molar-refractivity contribution in [2.45, 2.75) is 33.2 Å². The number of aryl methyl sites for hydroxylation is 1. The van der Waals surface area contributed by atoms with Gasteiger partial charge in [-0.1, -0.05) is 25.5 Å². The molecule has 0 heterocycles. The fourth-order valence-electron chi connectivity index (χ4n) is 1.92. The zero-order chi connectivity index (χ0) is 12.6. The van der Waals surface area contributed by atoms with E-state index in [1.165, 1.54) is 0 Å². The van der Waals surface area contributed by atoms with Crippen LogP contribution in [0.1, 0.15) is 36.2 Å². The van der Waals surface area contributed by atoms with Crippen LogP contribution in [0, 0.1) is 12.3 Å². The predicted molar refractivity (Wildman–Crippen MR) is 68.6 cm³/mol. The van der Waals surface area contributed by atoms with Crippen molar-refractivity contribution >= 4 is 11.6 Å². The number of hydrogen-bond donors (Lipinski definition) is 3. The van der Waals surface area contributed by atoms with Crippen LogP contribution in [0.2, 0.25) is 0 Å². The van der Waals surface area contributed by atoms with Gasteiger partial charge < -0.3 is 10.7 Å². The van der Waals surface area contributed by atoms with Gasteiger partial charge in [0, 0.05) is 6.04 Å². The number of nitrogens with one attached hydrogen (secondary N) is 2. The molecular weight excluding hydrogens is 214 g/mol. The summed E-state index contributed by atoms with van der Waals surface area (Å²) in [5.74, 6) is 5.35. The van der Waals surface area contributed by atoms with Gasteiger partial charge in [0.25, 0.3) is 5.91 Å². The van der Waals surface area contributed by atoms with E-state index < -0.39 is 0 Å². The largest absolute Gasteiger partial charge is 0.349 e. The first kappa shape index (κ1) is 11.9. The summed E-state index contributed by atoms with van der Waals surface area (Å²) in [7, 11) is 0. The van der Waals surface area contributed by atoms with Crippen molar-refractivity contribution in [2.24, 2.45) is 11.3 Å². The van der Waals surface area contributed by atoms with Gasteiger partial charge in [0.2, 0.25) is 0 Å². The smallest absolute Gasteiger partial charge is 0.253 e. The van der Waals surface area contributed by atoms with Gasteiger partial charge >= 0.3 is 0 Å². The second-order valence-corrected chi connectivity index (χ2v) is 5.41. The number of rotatable bonds is 3. The number of carbonyl (C=O) groups is 1. The second-order valence-electron chi connectivity index (χ2n) is 5.41. The minimum absolute atomic E-state index is 0.0581. The highest BCUT2D eigenvalue weighted by Gasteiger charge is 2.46. The third kappa shape index (κ3) is 2.42. The Labute approximate surface area is 102 Å². The van der Waals surface area contributed by atoms with Crippen LogP contribution in [0.25, 0.3) is 0 Å². The summed E-state index contributed by atoms with van der Waals surface area (Å²) < 4.78 is 0. The summed E-state index contributed by atoms with van der Waals surface area (Å²) in [5.41, 5.74) is 5.10. The average molecular weight is 233 g/mol. The molecule has 1 aromatic carbocycles. The van der Waals surface area contributed by atoms with Crippen LogP contribution in [0.5, 0.6) is 0 Å². The number of amides is 1. The van der Waals surface area contributed by atoms with Crippen LogP contribution >= 0.6 is 0 Å². The molecule has 2 rings (SSSR count). The van der Waals surface area contributed by atoms with E-state index in [0.717, 1.165) is 12.0 Å². The van der Waals surface area contributed by atoms with Gasteiger partial charge in [-0.2, -0.15) is 0 Å². The first-order valence-corrected chi connectivity index (χ1v) is 5.82. The highest BCUT2D eigenvalue weighted by Crippen LogP contribution is 2.44. The SMILES string of the molecule is Cc1ccc(NN)c(C(=O)NC2CC2(C)C)c1. The number of carbonyl (C=O) groups excluding carboxylic acids is 1. The molecule has 0 saturated heterocycles. The fraction of sp³-hybridized carbons (Fsp3) is 0.462. The maximum absolute atomic E-state index is 12.1. The summed E-state index contributed by atoms with van der Waals surface area (Å²) in [6.45, 7) is 6.25. The third-order valence-corrected chi connectivity index (χ3v) is 3.39. The Balaban J connectivity index is 2.16. The van der Waals surface area contributed by atoms with Crippen LogP contribution < -0.4 is 16.6 Å². The maximum atomic E-state index is 12.1. The van der Waals surface area contributed by atoms with Gasteiger partial charge in [-0.05, 0) is 30.9 Å². The van der Waals surface area contributed by atoms with E-state index in [1.54, 1.807) is 0 Å². The predicted octanol–water partition coefficient (Wildman–Crippen LogP) is 1.81. The quantitative estimate of drug-likeness (QED) is 0.551. The highest BCUT2D eigenvalue weighted by atomic mass is 16.1. The summed E-state index contributed by atoms with van der Waals surface area (Å²) >= 11 is 0. The fourth-order valence-corrected chi connectivity index (χ4v) is 1.92. The molecule has 1 aliphatic carbocycles. The normalized spacial score (nSPS) is 20.8. The molecule has 0 aliphatic heterocycles. The molecule has 0 spiro atoms. The molecule has 1 saturated carbocycles. The number of anilines is 1. The van der Waals surface area contributed by atoms with Crippen molar-refractivity contribution in [3.05, 3.63) is 29.3 Å². The molecule has 1 unspecified atom stereocenters. The molecule has 17 heavy (non-hydrogen) atoms. The van der Waals surface area contributed by atoms with Crippen molar-refractivity contribution in [2.75, 3.05) is 5.43 Å². The zero-order valence-electron chi connectivity index (χ0n) is 10.5. The number of hydrogen-bond acceptors (Lipinski definition) is 3. The van der Waals surface area contributed by atoms with Gasteiger partial charge in [0.05, 0.1) is 11.3 Å². The molecule has 1 atom stereocenters. The molecule has 4 N–H and O–H groups in total. The summed E-state index contributed by atoms with van der Waals surface area (Å²) in [4.78, 5) is 12.1. The first-order valence-electron chi connectivity index (χ1n) is 5.82. The Bertz CT molecular complexity index is 454. The van der Waals surface area contributed by atoms with Gasteiger partial charge in [-0.25, -0.2) is 0 Å². The summed E-state index contributed by atoms with van der Waals surface area (Å²) in [6, 6.07) is 5.87. The molecule has 1 amide bonds. The Morgan fingerprint density at radius 1 is 1.47 bits per heavy atom. The second kappa shape index (κ2) is 4.04. The lowest BCUT2D eigenvalue weighted by Gasteiger charge is -2.11. The van der Waals surface area contributed by atoms with Crippen LogP contribution in [0.15, 0.2) is 18.2 Å². The summed E-state index contributed by atoms with van der Waals surface area (Å²) in [5, 5.41) is 3.03. The molecule has 0 bridgehead atoms. The Hall–Kier alpha value is -1.55. The molecule has 4 nitrogen and oxygen atoms in total. The number of hydrazine groups is 1. The number of nitrogens with two attached hydrogens (primary N) is 1. The molecular formula is C13H19N3O. The first-order chi connectivity index (χ1) is 7.94. The van der Waals surface area contributed by atoms with E-state index in [9.17, 15) is 4.79 Å². The van der Waals surface area contributed by atoms with Crippen LogP contribution in [-0.4, -0.2) is 11.9 Å². The maximum Gasteiger partial charge on any atom is 0.253 e. The topological polar surface area (TPSA) is 67.1 Å². The lowest BCUT2D eigenvalue weighted by atomic mass is 10.1. The number of benzene rings is 1. The molecule has 4 heteroatoms. The van der Waals surface area contributed by atoms with E-state index in [1.807, 2.05) is 25.1 Å². The van der Waals surface area contributed by atoms with E-state index in [2.05, 4.69) is 24.6 Å². The van der Waals surface area contributed by atoms with E-state index in [-0.39, 0.29) is 17.4 Å². The van der Waals surface area contributed by atoms with Crippen molar-refractivity contribution in [1.29, 1.82) is 0 Å². The summed E-state index contributed by atoms with van der Waals surface area (Å²) in [6.07, 6.45) is 1.04. The van der Waals surface area contributed by atoms with Crippen molar-refractivity contribution in [3.8, 4) is 0 Å². The molecule has 1 aromatic rings. The standard InChI is InChI=1S/C13H19N3O/c1-8-4-5-10(16-14)9(6-8)12(17)15-11-7-13(11,2)3/h4-6,11,16H,7,14H2,1-3H3,(H,15,17). The monoisotopic (exact) mass is 233 g/mol. The van der Waals surface area contributed by atoms with Crippen molar-refractivity contribution < 1.29 is 4.79 Å². The molecule has 1 aliphatic rings. The van der Waals surface area contributed by atoms with Gasteiger partial charge in [0.15, 0.2) is 0 Å². The van der Waals surface area contributed by atoms with Gasteiger partial charge in [-0.3, -0.25) is 10.6 Å². The van der Waals surface area contributed by atoms with Crippen molar-refractivity contribution in [1.82, 2.24) is 5.32 Å².